The fourth-order valence-corrected chi connectivity index (χ4v) is 1.98. The average Bonchev–Trinajstić information content (AvgIpc) is 1.85. The quantitative estimate of drug-likeness (QED) is 0.713. The van der Waals surface area contributed by atoms with Crippen molar-refractivity contribution in [2.24, 2.45) is 5.73 Å². The number of carbonyl (C=O) groups excluding carboxylic acids is 1. The Labute approximate surface area is 84.2 Å². The van der Waals surface area contributed by atoms with Crippen molar-refractivity contribution in [2.75, 3.05) is 0 Å². The van der Waals surface area contributed by atoms with Gasteiger partial charge >= 0.3 is 0 Å². The van der Waals surface area contributed by atoms with Crippen molar-refractivity contribution in [3.05, 3.63) is 0 Å². The summed E-state index contributed by atoms with van der Waals surface area (Å²) in [5, 5.41) is -0.297. The van der Waals surface area contributed by atoms with E-state index in [-0.39, 0.29) is 23.2 Å². The molecule has 0 spiro atoms. The van der Waals surface area contributed by atoms with E-state index in [2.05, 4.69) is 0 Å². The molecule has 4 heteroatoms. The van der Waals surface area contributed by atoms with Crippen molar-refractivity contribution in [1.82, 2.24) is 0 Å². The van der Waals surface area contributed by atoms with Gasteiger partial charge in [-0.2, -0.15) is 0 Å². The molecule has 1 rings (SSSR count). The standard InChI is InChI=1S/C8H14ClNO.ClH/c9-7(11)6-8(10)4-2-1-3-5-8;/h1-6,10H2;1H. The molecular weight excluding hydrogens is 197 g/mol. The van der Waals surface area contributed by atoms with Gasteiger partial charge in [0.05, 0.1) is 0 Å². The Hall–Kier alpha value is 0.210. The molecule has 0 bridgehead atoms. The van der Waals surface area contributed by atoms with Crippen LogP contribution in [-0.2, 0) is 4.79 Å². The first-order valence-corrected chi connectivity index (χ1v) is 4.47. The minimum Gasteiger partial charge on any atom is -0.325 e. The zero-order chi connectivity index (χ0) is 8.32. The monoisotopic (exact) mass is 211 g/mol. The van der Waals surface area contributed by atoms with Crippen LogP contribution < -0.4 is 5.73 Å². The maximum absolute atomic E-state index is 10.6. The lowest BCUT2D eigenvalue weighted by Gasteiger charge is -2.31. The fraction of sp³-hybridized carbons (Fsp3) is 0.875. The number of carbonyl (C=O) groups is 1. The number of halogens is 2. The molecule has 0 heterocycles. The van der Waals surface area contributed by atoms with Crippen LogP contribution in [0.1, 0.15) is 38.5 Å². The first-order valence-electron chi connectivity index (χ1n) is 4.10. The van der Waals surface area contributed by atoms with E-state index in [1.165, 1.54) is 6.42 Å². The summed E-state index contributed by atoms with van der Waals surface area (Å²) in [7, 11) is 0. The minimum absolute atomic E-state index is 0. The van der Waals surface area contributed by atoms with Crippen LogP contribution in [0.2, 0.25) is 0 Å². The third-order valence-electron chi connectivity index (χ3n) is 2.34. The van der Waals surface area contributed by atoms with Gasteiger partial charge in [0.25, 0.3) is 0 Å². The Kier molecular flexibility index (Phi) is 5.14. The zero-order valence-corrected chi connectivity index (χ0v) is 8.59. The summed E-state index contributed by atoms with van der Waals surface area (Å²) in [4.78, 5) is 10.6. The Morgan fingerprint density at radius 2 is 1.83 bits per heavy atom. The van der Waals surface area contributed by atoms with Crippen molar-refractivity contribution < 1.29 is 4.79 Å². The second-order valence-corrected chi connectivity index (χ2v) is 3.88. The number of rotatable bonds is 2. The van der Waals surface area contributed by atoms with Crippen LogP contribution in [0.4, 0.5) is 0 Å². The van der Waals surface area contributed by atoms with E-state index in [1.807, 2.05) is 0 Å². The highest BCUT2D eigenvalue weighted by molar-refractivity contribution is 6.63. The molecule has 0 unspecified atom stereocenters. The topological polar surface area (TPSA) is 43.1 Å². The number of hydrogen-bond donors (Lipinski definition) is 1. The molecule has 72 valence electrons. The van der Waals surface area contributed by atoms with Gasteiger partial charge in [-0.15, -0.1) is 12.4 Å². The molecule has 1 aliphatic rings. The van der Waals surface area contributed by atoms with E-state index in [9.17, 15) is 4.79 Å². The normalized spacial score (nSPS) is 21.2. The zero-order valence-electron chi connectivity index (χ0n) is 7.01. The Balaban J connectivity index is 0.00000121. The van der Waals surface area contributed by atoms with Gasteiger partial charge < -0.3 is 5.73 Å². The maximum atomic E-state index is 10.6. The van der Waals surface area contributed by atoms with Gasteiger partial charge in [0, 0.05) is 12.0 Å². The highest BCUT2D eigenvalue weighted by Gasteiger charge is 2.29. The lowest BCUT2D eigenvalue weighted by Crippen LogP contribution is -2.42. The number of hydrogen-bond acceptors (Lipinski definition) is 2. The van der Waals surface area contributed by atoms with E-state index in [0.29, 0.717) is 6.42 Å². The average molecular weight is 212 g/mol. The highest BCUT2D eigenvalue weighted by Crippen LogP contribution is 2.28. The Morgan fingerprint density at radius 1 is 1.33 bits per heavy atom. The summed E-state index contributed by atoms with van der Waals surface area (Å²) in [6.45, 7) is 0. The molecule has 12 heavy (non-hydrogen) atoms. The van der Waals surface area contributed by atoms with Crippen LogP contribution in [0.15, 0.2) is 0 Å². The molecule has 0 aromatic carbocycles. The summed E-state index contributed by atoms with van der Waals surface area (Å²) in [5.41, 5.74) is 5.67. The fourth-order valence-electron chi connectivity index (χ4n) is 1.71. The van der Waals surface area contributed by atoms with Crippen LogP contribution in [0.5, 0.6) is 0 Å². The molecule has 0 saturated heterocycles. The minimum atomic E-state index is -0.297. The molecule has 0 aromatic heterocycles. The van der Waals surface area contributed by atoms with Crippen molar-refractivity contribution in [3.63, 3.8) is 0 Å². The van der Waals surface area contributed by atoms with Crippen LogP contribution >= 0.6 is 24.0 Å². The van der Waals surface area contributed by atoms with Crippen LogP contribution in [0.3, 0.4) is 0 Å². The largest absolute Gasteiger partial charge is 0.325 e. The summed E-state index contributed by atoms with van der Waals surface area (Å²) in [6.07, 6.45) is 5.77. The van der Waals surface area contributed by atoms with Gasteiger partial charge in [-0.1, -0.05) is 19.3 Å². The Morgan fingerprint density at radius 3 is 2.25 bits per heavy atom. The van der Waals surface area contributed by atoms with Gasteiger partial charge in [0.1, 0.15) is 0 Å². The van der Waals surface area contributed by atoms with E-state index in [4.69, 9.17) is 17.3 Å². The maximum Gasteiger partial charge on any atom is 0.223 e. The van der Waals surface area contributed by atoms with Crippen LogP contribution in [0.25, 0.3) is 0 Å². The van der Waals surface area contributed by atoms with E-state index >= 15 is 0 Å². The lowest BCUT2D eigenvalue weighted by molar-refractivity contribution is -0.113. The Bertz CT molecular complexity index is 155. The summed E-state index contributed by atoms with van der Waals surface area (Å²) in [6, 6.07) is 0. The summed E-state index contributed by atoms with van der Waals surface area (Å²) < 4.78 is 0. The molecule has 1 fully saturated rings. The molecule has 1 aliphatic carbocycles. The first kappa shape index (κ1) is 12.2. The van der Waals surface area contributed by atoms with Crippen LogP contribution in [-0.4, -0.2) is 10.8 Å². The van der Waals surface area contributed by atoms with E-state index < -0.39 is 0 Å². The summed E-state index contributed by atoms with van der Waals surface area (Å²) in [5.74, 6) is 0. The lowest BCUT2D eigenvalue weighted by atomic mass is 9.81. The van der Waals surface area contributed by atoms with E-state index in [1.54, 1.807) is 0 Å². The predicted molar refractivity (Wildman–Crippen MR) is 52.7 cm³/mol. The van der Waals surface area contributed by atoms with Gasteiger partial charge in [0.15, 0.2) is 0 Å². The van der Waals surface area contributed by atoms with E-state index in [0.717, 1.165) is 25.7 Å². The van der Waals surface area contributed by atoms with Crippen molar-refractivity contribution in [2.45, 2.75) is 44.1 Å². The molecule has 0 radical (unpaired) electrons. The van der Waals surface area contributed by atoms with Gasteiger partial charge in [-0.25, -0.2) is 0 Å². The SMILES string of the molecule is Cl.NC1(CC(=O)Cl)CCCCC1. The third-order valence-corrected chi connectivity index (χ3v) is 2.47. The third kappa shape index (κ3) is 3.74. The van der Waals surface area contributed by atoms with Crippen molar-refractivity contribution >= 4 is 29.3 Å². The smallest absolute Gasteiger partial charge is 0.223 e. The molecule has 2 N–H and O–H groups in total. The van der Waals surface area contributed by atoms with Gasteiger partial charge in [-0.3, -0.25) is 4.79 Å². The molecule has 0 atom stereocenters. The molecule has 0 amide bonds. The second-order valence-electron chi connectivity index (χ2n) is 3.45. The molecular formula is C8H15Cl2NO. The highest BCUT2D eigenvalue weighted by atomic mass is 35.5. The molecule has 2 nitrogen and oxygen atoms in total. The predicted octanol–water partition coefficient (Wildman–Crippen LogP) is 2.23. The molecule has 0 aromatic rings. The van der Waals surface area contributed by atoms with Gasteiger partial charge in [0.2, 0.25) is 5.24 Å². The first-order chi connectivity index (χ1) is 5.12. The second kappa shape index (κ2) is 5.05. The van der Waals surface area contributed by atoms with Gasteiger partial charge in [-0.05, 0) is 24.4 Å². The van der Waals surface area contributed by atoms with Crippen molar-refractivity contribution in [1.29, 1.82) is 0 Å². The number of nitrogens with two attached hydrogens (primary N) is 1. The summed E-state index contributed by atoms with van der Waals surface area (Å²) >= 11 is 5.28. The molecule has 1 saturated carbocycles. The van der Waals surface area contributed by atoms with Crippen molar-refractivity contribution in [3.8, 4) is 0 Å². The molecule has 0 aliphatic heterocycles. The van der Waals surface area contributed by atoms with Crippen LogP contribution in [0, 0.1) is 0 Å².